The SMILES string of the molecule is O=C(Nc1ccc(Nc2ccc3c(c2)OCO3)nc1)C1CCC1. The Morgan fingerprint density at radius 1 is 1.09 bits per heavy atom. The molecule has 1 aromatic heterocycles. The number of aromatic nitrogens is 1. The molecule has 1 fully saturated rings. The first kappa shape index (κ1) is 13.9. The van der Waals surface area contributed by atoms with E-state index in [0.29, 0.717) is 5.82 Å². The van der Waals surface area contributed by atoms with E-state index in [1.807, 2.05) is 30.3 Å². The molecule has 4 rings (SSSR count). The van der Waals surface area contributed by atoms with E-state index in [9.17, 15) is 4.79 Å². The highest BCUT2D eigenvalue weighted by Gasteiger charge is 2.25. The Kier molecular flexibility index (Phi) is 3.49. The van der Waals surface area contributed by atoms with E-state index in [1.54, 1.807) is 6.20 Å². The number of anilines is 3. The molecule has 0 radical (unpaired) electrons. The quantitative estimate of drug-likeness (QED) is 0.906. The Morgan fingerprint density at radius 2 is 1.91 bits per heavy atom. The number of ether oxygens (including phenoxy) is 2. The molecule has 0 spiro atoms. The van der Waals surface area contributed by atoms with Gasteiger partial charge in [-0.1, -0.05) is 6.42 Å². The highest BCUT2D eigenvalue weighted by Crippen LogP contribution is 2.35. The van der Waals surface area contributed by atoms with Gasteiger partial charge in [0.1, 0.15) is 5.82 Å². The van der Waals surface area contributed by atoms with E-state index in [4.69, 9.17) is 9.47 Å². The van der Waals surface area contributed by atoms with Gasteiger partial charge < -0.3 is 20.1 Å². The molecule has 0 bridgehead atoms. The predicted octanol–water partition coefficient (Wildman–Crippen LogP) is 3.29. The summed E-state index contributed by atoms with van der Waals surface area (Å²) in [7, 11) is 0. The molecule has 1 saturated carbocycles. The summed E-state index contributed by atoms with van der Waals surface area (Å²) in [5.41, 5.74) is 1.59. The summed E-state index contributed by atoms with van der Waals surface area (Å²) in [6.07, 6.45) is 4.78. The Balaban J connectivity index is 1.40. The minimum Gasteiger partial charge on any atom is -0.454 e. The van der Waals surface area contributed by atoms with Crippen molar-refractivity contribution in [1.29, 1.82) is 0 Å². The van der Waals surface area contributed by atoms with Gasteiger partial charge in [0.2, 0.25) is 12.7 Å². The molecular weight excluding hydrogens is 294 g/mol. The second kappa shape index (κ2) is 5.79. The highest BCUT2D eigenvalue weighted by atomic mass is 16.7. The minimum atomic E-state index is 0.0922. The summed E-state index contributed by atoms with van der Waals surface area (Å²) in [6, 6.07) is 9.31. The molecule has 1 aliphatic carbocycles. The van der Waals surface area contributed by atoms with Gasteiger partial charge in [-0.05, 0) is 37.1 Å². The number of carbonyl (C=O) groups excluding carboxylic acids is 1. The van der Waals surface area contributed by atoms with Gasteiger partial charge in [0, 0.05) is 17.7 Å². The van der Waals surface area contributed by atoms with E-state index in [0.717, 1.165) is 42.1 Å². The Hall–Kier alpha value is -2.76. The molecule has 6 heteroatoms. The molecular formula is C17H17N3O3. The molecule has 0 saturated heterocycles. The summed E-state index contributed by atoms with van der Waals surface area (Å²) >= 11 is 0. The lowest BCUT2D eigenvalue weighted by molar-refractivity contribution is -0.122. The first-order chi connectivity index (χ1) is 11.3. The van der Waals surface area contributed by atoms with E-state index >= 15 is 0 Å². The van der Waals surface area contributed by atoms with Gasteiger partial charge in [-0.25, -0.2) is 4.98 Å². The zero-order valence-electron chi connectivity index (χ0n) is 12.5. The van der Waals surface area contributed by atoms with Crippen LogP contribution in [0.2, 0.25) is 0 Å². The maximum atomic E-state index is 11.9. The number of benzene rings is 1. The maximum absolute atomic E-state index is 11.9. The lowest BCUT2D eigenvalue weighted by Gasteiger charge is -2.23. The molecule has 0 atom stereocenters. The number of fused-ring (bicyclic) bond motifs is 1. The summed E-state index contributed by atoms with van der Waals surface area (Å²) < 4.78 is 10.6. The van der Waals surface area contributed by atoms with Crippen molar-refractivity contribution in [2.75, 3.05) is 17.4 Å². The highest BCUT2D eigenvalue weighted by molar-refractivity contribution is 5.92. The molecule has 1 aliphatic heterocycles. The van der Waals surface area contributed by atoms with Gasteiger partial charge in [0.25, 0.3) is 0 Å². The molecule has 2 N–H and O–H groups in total. The van der Waals surface area contributed by atoms with Crippen LogP contribution in [0.25, 0.3) is 0 Å². The normalized spacial score (nSPS) is 15.8. The zero-order chi connectivity index (χ0) is 15.6. The molecule has 2 heterocycles. The topological polar surface area (TPSA) is 72.5 Å². The third-order valence-electron chi connectivity index (χ3n) is 4.15. The lowest BCUT2D eigenvalue weighted by atomic mass is 9.85. The molecule has 118 valence electrons. The summed E-state index contributed by atoms with van der Waals surface area (Å²) in [6.45, 7) is 0.256. The van der Waals surface area contributed by atoms with E-state index in [1.165, 1.54) is 0 Å². The Bertz CT molecular complexity index is 726. The van der Waals surface area contributed by atoms with Crippen LogP contribution < -0.4 is 20.1 Å². The van der Waals surface area contributed by atoms with Crippen LogP contribution in [-0.2, 0) is 4.79 Å². The van der Waals surface area contributed by atoms with Crippen molar-refractivity contribution in [3.63, 3.8) is 0 Å². The van der Waals surface area contributed by atoms with Crippen molar-refractivity contribution in [2.24, 2.45) is 5.92 Å². The van der Waals surface area contributed by atoms with E-state index in [2.05, 4.69) is 15.6 Å². The van der Waals surface area contributed by atoms with Crippen molar-refractivity contribution in [3.8, 4) is 11.5 Å². The van der Waals surface area contributed by atoms with Gasteiger partial charge in [0.15, 0.2) is 11.5 Å². The second-order valence-corrected chi connectivity index (χ2v) is 5.74. The average Bonchev–Trinajstić information content (AvgIpc) is 2.95. The van der Waals surface area contributed by atoms with Crippen molar-refractivity contribution >= 4 is 23.1 Å². The monoisotopic (exact) mass is 311 g/mol. The van der Waals surface area contributed by atoms with Crippen LogP contribution in [0.4, 0.5) is 17.2 Å². The van der Waals surface area contributed by atoms with Crippen LogP contribution in [-0.4, -0.2) is 17.7 Å². The number of hydrogen-bond donors (Lipinski definition) is 2. The third-order valence-corrected chi connectivity index (χ3v) is 4.15. The molecule has 2 aromatic rings. The molecule has 2 aliphatic rings. The van der Waals surface area contributed by atoms with Crippen molar-refractivity contribution < 1.29 is 14.3 Å². The summed E-state index contributed by atoms with van der Waals surface area (Å²) in [5.74, 6) is 2.43. The summed E-state index contributed by atoms with van der Waals surface area (Å²) in [5, 5.41) is 6.10. The Morgan fingerprint density at radius 3 is 2.65 bits per heavy atom. The number of carbonyl (C=O) groups is 1. The smallest absolute Gasteiger partial charge is 0.231 e. The third kappa shape index (κ3) is 2.92. The van der Waals surface area contributed by atoms with Gasteiger partial charge in [0.05, 0.1) is 11.9 Å². The predicted molar refractivity (Wildman–Crippen MR) is 86.1 cm³/mol. The van der Waals surface area contributed by atoms with Crippen molar-refractivity contribution in [3.05, 3.63) is 36.5 Å². The van der Waals surface area contributed by atoms with Crippen LogP contribution >= 0.6 is 0 Å². The summed E-state index contributed by atoms with van der Waals surface area (Å²) in [4.78, 5) is 16.2. The fourth-order valence-electron chi connectivity index (χ4n) is 2.58. The average molecular weight is 311 g/mol. The van der Waals surface area contributed by atoms with Crippen LogP contribution in [0.5, 0.6) is 11.5 Å². The molecule has 6 nitrogen and oxygen atoms in total. The fraction of sp³-hybridized carbons (Fsp3) is 0.294. The van der Waals surface area contributed by atoms with Crippen molar-refractivity contribution in [1.82, 2.24) is 4.98 Å². The first-order valence-electron chi connectivity index (χ1n) is 7.71. The number of nitrogens with zero attached hydrogens (tertiary/aromatic N) is 1. The second-order valence-electron chi connectivity index (χ2n) is 5.74. The number of hydrogen-bond acceptors (Lipinski definition) is 5. The zero-order valence-corrected chi connectivity index (χ0v) is 12.5. The number of rotatable bonds is 4. The molecule has 1 aromatic carbocycles. The van der Waals surface area contributed by atoms with Crippen molar-refractivity contribution in [2.45, 2.75) is 19.3 Å². The molecule has 23 heavy (non-hydrogen) atoms. The van der Waals surface area contributed by atoms with Gasteiger partial charge in [-0.2, -0.15) is 0 Å². The van der Waals surface area contributed by atoms with E-state index in [-0.39, 0.29) is 18.6 Å². The number of nitrogens with one attached hydrogen (secondary N) is 2. The standard InChI is InChI=1S/C17H17N3O3/c21-17(11-2-1-3-11)20-13-5-7-16(18-9-13)19-12-4-6-14-15(8-12)23-10-22-14/h4-9,11H,1-3,10H2,(H,18,19)(H,20,21). The maximum Gasteiger partial charge on any atom is 0.231 e. The van der Waals surface area contributed by atoms with Crippen LogP contribution in [0.15, 0.2) is 36.5 Å². The number of amides is 1. The molecule has 0 unspecified atom stereocenters. The van der Waals surface area contributed by atoms with Crippen LogP contribution in [0, 0.1) is 5.92 Å². The Labute approximate surface area is 133 Å². The first-order valence-corrected chi connectivity index (χ1v) is 7.71. The van der Waals surface area contributed by atoms with Gasteiger partial charge in [-0.3, -0.25) is 4.79 Å². The minimum absolute atomic E-state index is 0.0922. The van der Waals surface area contributed by atoms with Crippen LogP contribution in [0.3, 0.4) is 0 Å². The van der Waals surface area contributed by atoms with Crippen LogP contribution in [0.1, 0.15) is 19.3 Å². The number of pyridine rings is 1. The lowest BCUT2D eigenvalue weighted by Crippen LogP contribution is -2.28. The molecule has 1 amide bonds. The fourth-order valence-corrected chi connectivity index (χ4v) is 2.58. The van der Waals surface area contributed by atoms with Gasteiger partial charge >= 0.3 is 0 Å². The van der Waals surface area contributed by atoms with Gasteiger partial charge in [-0.15, -0.1) is 0 Å². The largest absolute Gasteiger partial charge is 0.454 e. The van der Waals surface area contributed by atoms with E-state index < -0.39 is 0 Å².